The number of phenols is 1. The van der Waals surface area contributed by atoms with E-state index in [0.29, 0.717) is 42.7 Å². The number of nitrogens with one attached hydrogen (secondary N) is 1. The van der Waals surface area contributed by atoms with Crippen molar-refractivity contribution >= 4 is 11.7 Å². The molecule has 7 nitrogen and oxygen atoms in total. The number of Topliss-reactive ketones (excluding diaryl/α,β-unsaturated/α-hetero) is 1. The van der Waals surface area contributed by atoms with E-state index in [4.69, 9.17) is 9.47 Å². The summed E-state index contributed by atoms with van der Waals surface area (Å²) in [5.74, 6) is -0.456. The molecule has 2 atom stereocenters. The molecule has 0 radical (unpaired) electrons. The number of aromatic hydroxyl groups is 1. The Morgan fingerprint density at radius 2 is 1.80 bits per heavy atom. The number of benzene rings is 3. The number of carbonyl (C=O) groups is 2. The third-order valence-corrected chi connectivity index (χ3v) is 7.84. The molecular weight excluding hydrogens is 513 g/mol. The van der Waals surface area contributed by atoms with Gasteiger partial charge in [-0.2, -0.15) is 0 Å². The fraction of sp³-hybridized carbons (Fsp3) is 0.375. The third kappa shape index (κ3) is 6.03. The highest BCUT2D eigenvalue weighted by Gasteiger charge is 2.30. The monoisotopic (exact) mass is 547 g/mol. The standard InChI is InChI=1S/C32H34FNO6/c1-39-31-24-4-2-3-23(24)21(17-26(31)32(38)34-28-13-14-40-18-30(28)37)15-20-7-11-25(27(33)16-20)29(36)12-8-19-5-9-22(35)10-6-19/h5-7,9-11,16-17,28,30,35,37H,2-4,8,12-15,18H2,1H3,(H,34,38)/t28-,30-/m0/s1. The van der Waals surface area contributed by atoms with E-state index in [1.807, 2.05) is 6.07 Å². The van der Waals surface area contributed by atoms with Crippen LogP contribution in [0.2, 0.25) is 0 Å². The average Bonchev–Trinajstić information content (AvgIpc) is 3.44. The Morgan fingerprint density at radius 1 is 1.05 bits per heavy atom. The van der Waals surface area contributed by atoms with Crippen LogP contribution in [-0.2, 0) is 30.4 Å². The Balaban J connectivity index is 1.35. The number of fused-ring (bicyclic) bond motifs is 1. The van der Waals surface area contributed by atoms with Crippen molar-refractivity contribution in [2.75, 3.05) is 20.3 Å². The van der Waals surface area contributed by atoms with Crippen molar-refractivity contribution in [3.05, 3.63) is 93.3 Å². The smallest absolute Gasteiger partial charge is 0.255 e. The van der Waals surface area contributed by atoms with E-state index in [2.05, 4.69) is 5.32 Å². The van der Waals surface area contributed by atoms with Crippen LogP contribution in [0.1, 0.15) is 67.8 Å². The first kappa shape index (κ1) is 27.8. The summed E-state index contributed by atoms with van der Waals surface area (Å²) in [7, 11) is 1.56. The van der Waals surface area contributed by atoms with Crippen LogP contribution < -0.4 is 10.1 Å². The first-order valence-corrected chi connectivity index (χ1v) is 13.7. The average molecular weight is 548 g/mol. The normalized spacial score (nSPS) is 18.3. The fourth-order valence-corrected chi connectivity index (χ4v) is 5.70. The number of aliphatic hydroxyl groups excluding tert-OH is 1. The van der Waals surface area contributed by atoms with Crippen LogP contribution in [0.15, 0.2) is 48.5 Å². The number of ether oxygens (including phenoxy) is 2. The van der Waals surface area contributed by atoms with Gasteiger partial charge in [-0.1, -0.05) is 18.2 Å². The minimum absolute atomic E-state index is 0.0533. The number of methoxy groups -OCH3 is 1. The Bertz CT molecular complexity index is 1400. The molecule has 40 heavy (non-hydrogen) atoms. The predicted octanol–water partition coefficient (Wildman–Crippen LogP) is 4.31. The topological polar surface area (TPSA) is 105 Å². The van der Waals surface area contributed by atoms with Crippen LogP contribution in [0.4, 0.5) is 4.39 Å². The molecule has 3 N–H and O–H groups in total. The fourth-order valence-electron chi connectivity index (χ4n) is 5.70. The minimum Gasteiger partial charge on any atom is -0.508 e. The van der Waals surface area contributed by atoms with Crippen molar-refractivity contribution in [1.82, 2.24) is 5.32 Å². The van der Waals surface area contributed by atoms with Gasteiger partial charge in [0.15, 0.2) is 5.78 Å². The summed E-state index contributed by atoms with van der Waals surface area (Å²) in [5, 5.41) is 22.6. The van der Waals surface area contributed by atoms with Gasteiger partial charge in [0, 0.05) is 13.0 Å². The molecular formula is C32H34FNO6. The van der Waals surface area contributed by atoms with Crippen LogP contribution in [0.25, 0.3) is 0 Å². The lowest BCUT2D eigenvalue weighted by atomic mass is 9.92. The second kappa shape index (κ2) is 12.2. The van der Waals surface area contributed by atoms with Gasteiger partial charge in [0.05, 0.1) is 37.0 Å². The number of halogens is 1. The van der Waals surface area contributed by atoms with Crippen molar-refractivity contribution in [2.24, 2.45) is 0 Å². The number of rotatable bonds is 9. The number of hydrogen-bond acceptors (Lipinski definition) is 6. The lowest BCUT2D eigenvalue weighted by molar-refractivity contribution is -0.0261. The van der Waals surface area contributed by atoms with E-state index in [1.165, 1.54) is 12.1 Å². The zero-order valence-electron chi connectivity index (χ0n) is 22.5. The van der Waals surface area contributed by atoms with Crippen LogP contribution in [0.3, 0.4) is 0 Å². The lowest BCUT2D eigenvalue weighted by Gasteiger charge is -2.29. The molecule has 2 aliphatic rings. The summed E-state index contributed by atoms with van der Waals surface area (Å²) in [6.45, 7) is 0.647. The molecule has 5 rings (SSSR count). The van der Waals surface area contributed by atoms with E-state index in [-0.39, 0.29) is 36.0 Å². The maximum atomic E-state index is 15.1. The van der Waals surface area contributed by atoms with Gasteiger partial charge in [0.2, 0.25) is 0 Å². The molecule has 1 saturated heterocycles. The van der Waals surface area contributed by atoms with Crippen LogP contribution in [0.5, 0.6) is 11.5 Å². The van der Waals surface area contributed by atoms with Crippen molar-refractivity contribution in [2.45, 2.75) is 57.1 Å². The predicted molar refractivity (Wildman–Crippen MR) is 148 cm³/mol. The van der Waals surface area contributed by atoms with Gasteiger partial charge in [-0.3, -0.25) is 9.59 Å². The molecule has 1 amide bonds. The van der Waals surface area contributed by atoms with Gasteiger partial charge in [-0.25, -0.2) is 4.39 Å². The summed E-state index contributed by atoms with van der Waals surface area (Å²) < 4.78 is 26.1. The summed E-state index contributed by atoms with van der Waals surface area (Å²) in [5.41, 5.74) is 5.10. The van der Waals surface area contributed by atoms with Gasteiger partial charge in [-0.15, -0.1) is 0 Å². The highest BCUT2D eigenvalue weighted by molar-refractivity contribution is 5.98. The van der Waals surface area contributed by atoms with E-state index in [0.717, 1.165) is 41.5 Å². The number of amides is 1. The first-order chi connectivity index (χ1) is 19.3. The lowest BCUT2D eigenvalue weighted by Crippen LogP contribution is -2.48. The number of ketones is 1. The summed E-state index contributed by atoms with van der Waals surface area (Å²) in [6.07, 6.45) is 3.33. The number of phenolic OH excluding ortho intramolecular Hbond substituents is 1. The second-order valence-corrected chi connectivity index (χ2v) is 10.5. The van der Waals surface area contributed by atoms with Crippen LogP contribution in [0, 0.1) is 5.82 Å². The molecule has 1 fully saturated rings. The molecule has 3 aromatic rings. The first-order valence-electron chi connectivity index (χ1n) is 13.7. The zero-order chi connectivity index (χ0) is 28.2. The molecule has 3 aromatic carbocycles. The molecule has 8 heteroatoms. The number of aliphatic hydroxyl groups is 1. The second-order valence-electron chi connectivity index (χ2n) is 10.5. The van der Waals surface area contributed by atoms with Gasteiger partial charge in [0.25, 0.3) is 5.91 Å². The van der Waals surface area contributed by atoms with E-state index in [1.54, 1.807) is 37.4 Å². The maximum Gasteiger partial charge on any atom is 0.255 e. The third-order valence-electron chi connectivity index (χ3n) is 7.84. The van der Waals surface area contributed by atoms with Crippen LogP contribution in [-0.4, -0.2) is 54.4 Å². The Morgan fingerprint density at radius 3 is 2.52 bits per heavy atom. The van der Waals surface area contributed by atoms with Crippen molar-refractivity contribution in [3.63, 3.8) is 0 Å². The van der Waals surface area contributed by atoms with Gasteiger partial charge < -0.3 is 25.0 Å². The van der Waals surface area contributed by atoms with E-state index in [9.17, 15) is 19.8 Å². The highest BCUT2D eigenvalue weighted by atomic mass is 19.1. The molecule has 1 heterocycles. The van der Waals surface area contributed by atoms with Gasteiger partial charge >= 0.3 is 0 Å². The van der Waals surface area contributed by atoms with Crippen LogP contribution >= 0.6 is 0 Å². The minimum atomic E-state index is -0.775. The maximum absolute atomic E-state index is 15.1. The number of carbonyl (C=O) groups excluding carboxylic acids is 2. The number of aryl methyl sites for hydroxylation is 1. The SMILES string of the molecule is COc1c(C(=O)N[C@H]2CCOC[C@@H]2O)cc(Cc2ccc(C(=O)CCc3ccc(O)cc3)c(F)c2)c2c1CCC2. The molecule has 0 bridgehead atoms. The zero-order valence-corrected chi connectivity index (χ0v) is 22.5. The van der Waals surface area contributed by atoms with E-state index >= 15 is 4.39 Å². The molecule has 0 aromatic heterocycles. The molecule has 0 spiro atoms. The summed E-state index contributed by atoms with van der Waals surface area (Å²) >= 11 is 0. The molecule has 1 aliphatic carbocycles. The number of hydrogen-bond donors (Lipinski definition) is 3. The summed E-state index contributed by atoms with van der Waals surface area (Å²) in [6, 6.07) is 12.7. The highest BCUT2D eigenvalue weighted by Crippen LogP contribution is 2.37. The van der Waals surface area contributed by atoms with Gasteiger partial charge in [0.1, 0.15) is 17.3 Å². The molecule has 0 saturated carbocycles. The summed E-state index contributed by atoms with van der Waals surface area (Å²) in [4.78, 5) is 26.1. The van der Waals surface area contributed by atoms with E-state index < -0.39 is 18.0 Å². The van der Waals surface area contributed by atoms with Gasteiger partial charge in [-0.05, 0) is 96.7 Å². The Hall–Kier alpha value is -3.75. The van der Waals surface area contributed by atoms with Crippen molar-refractivity contribution < 1.29 is 33.7 Å². The Kier molecular flexibility index (Phi) is 8.47. The Labute approximate surface area is 232 Å². The largest absolute Gasteiger partial charge is 0.508 e. The molecule has 210 valence electrons. The van der Waals surface area contributed by atoms with Crippen molar-refractivity contribution in [3.8, 4) is 11.5 Å². The van der Waals surface area contributed by atoms with Crippen molar-refractivity contribution in [1.29, 1.82) is 0 Å². The molecule has 0 unspecified atom stereocenters. The quantitative estimate of drug-likeness (QED) is 0.345. The molecule has 1 aliphatic heterocycles.